The number of urea groups is 1. The number of hydrogen-bond donors (Lipinski definition) is 1. The molecule has 0 unspecified atom stereocenters. The fourth-order valence-corrected chi connectivity index (χ4v) is 2.58. The molecule has 2 heterocycles. The molecule has 1 aromatic heterocycles. The van der Waals surface area contributed by atoms with Gasteiger partial charge in [-0.1, -0.05) is 0 Å². The van der Waals surface area contributed by atoms with Gasteiger partial charge in [-0.3, -0.25) is 19.7 Å². The smallest absolute Gasteiger partial charge is 0.339 e. The molecule has 0 bridgehead atoms. The highest BCUT2D eigenvalue weighted by Crippen LogP contribution is 2.24. The Balaban J connectivity index is 1.74. The molecule has 2 aromatic rings. The SMILES string of the molecule is COc1ccc(N2C(=O)C(=O)N(CC(=O)Nc3nc(OC)cc(OC)n3)C2=O)cc1. The third-order valence-corrected chi connectivity index (χ3v) is 4.03. The number of nitrogens with one attached hydrogen (secondary N) is 1. The van der Waals surface area contributed by atoms with E-state index in [9.17, 15) is 19.2 Å². The Morgan fingerprint density at radius 2 is 1.53 bits per heavy atom. The van der Waals surface area contributed by atoms with Crippen LogP contribution in [0.25, 0.3) is 0 Å². The van der Waals surface area contributed by atoms with Gasteiger partial charge in [0, 0.05) is 0 Å². The predicted molar refractivity (Wildman–Crippen MR) is 101 cm³/mol. The predicted octanol–water partition coefficient (Wildman–Crippen LogP) is 0.436. The monoisotopic (exact) mass is 415 g/mol. The molecule has 1 saturated heterocycles. The van der Waals surface area contributed by atoms with Crippen molar-refractivity contribution in [1.29, 1.82) is 0 Å². The Bertz CT molecular complexity index is 986. The number of benzene rings is 1. The molecule has 0 spiro atoms. The summed E-state index contributed by atoms with van der Waals surface area (Å²) in [5.74, 6) is -2.39. The number of imide groups is 2. The van der Waals surface area contributed by atoms with Crippen molar-refractivity contribution in [2.45, 2.75) is 0 Å². The second-order valence-corrected chi connectivity index (χ2v) is 5.84. The zero-order chi connectivity index (χ0) is 21.8. The highest BCUT2D eigenvalue weighted by atomic mass is 16.5. The van der Waals surface area contributed by atoms with Gasteiger partial charge >= 0.3 is 17.8 Å². The quantitative estimate of drug-likeness (QED) is 0.504. The summed E-state index contributed by atoms with van der Waals surface area (Å²) in [5.41, 5.74) is 0.169. The highest BCUT2D eigenvalue weighted by molar-refractivity contribution is 6.53. The molecule has 1 fully saturated rings. The van der Waals surface area contributed by atoms with Crippen LogP contribution in [0.1, 0.15) is 0 Å². The van der Waals surface area contributed by atoms with Crippen molar-refractivity contribution in [2.24, 2.45) is 0 Å². The van der Waals surface area contributed by atoms with Gasteiger partial charge in [-0.2, -0.15) is 9.97 Å². The Kier molecular flexibility index (Phi) is 5.76. The van der Waals surface area contributed by atoms with E-state index in [0.717, 1.165) is 0 Å². The van der Waals surface area contributed by atoms with Crippen LogP contribution in [0.3, 0.4) is 0 Å². The van der Waals surface area contributed by atoms with Gasteiger partial charge in [0.15, 0.2) is 0 Å². The standard InChI is InChI=1S/C18H17N5O7/c1-28-11-6-4-10(5-7-11)23-16(26)15(25)22(18(23)27)9-12(24)19-17-20-13(29-2)8-14(21-17)30-3/h4-8H,9H2,1-3H3,(H,19,20,21,24). The van der Waals surface area contributed by atoms with Crippen LogP contribution in [-0.4, -0.2) is 66.5 Å². The lowest BCUT2D eigenvalue weighted by Gasteiger charge is -2.15. The van der Waals surface area contributed by atoms with E-state index >= 15 is 0 Å². The third kappa shape index (κ3) is 3.97. The van der Waals surface area contributed by atoms with Gasteiger partial charge in [-0.15, -0.1) is 0 Å². The number of hydrogen-bond acceptors (Lipinski definition) is 9. The summed E-state index contributed by atoms with van der Waals surface area (Å²) in [6, 6.07) is 6.40. The minimum absolute atomic E-state index is 0.131. The molecule has 0 radical (unpaired) electrons. The van der Waals surface area contributed by atoms with Gasteiger partial charge in [0.25, 0.3) is 0 Å². The van der Waals surface area contributed by atoms with Crippen LogP contribution in [0.15, 0.2) is 30.3 Å². The molecule has 0 atom stereocenters. The van der Waals surface area contributed by atoms with E-state index in [1.165, 1.54) is 51.7 Å². The second kappa shape index (κ2) is 8.43. The molecule has 1 aliphatic rings. The maximum atomic E-state index is 12.6. The van der Waals surface area contributed by atoms with E-state index in [4.69, 9.17) is 14.2 Å². The van der Waals surface area contributed by atoms with Gasteiger partial charge in [-0.25, -0.2) is 14.6 Å². The van der Waals surface area contributed by atoms with Gasteiger partial charge in [-0.05, 0) is 24.3 Å². The highest BCUT2D eigenvalue weighted by Gasteiger charge is 2.46. The fraction of sp³-hybridized carbons (Fsp3) is 0.222. The number of nitrogens with zero attached hydrogens (tertiary/aromatic N) is 4. The molecular weight excluding hydrogens is 398 g/mol. The fourth-order valence-electron chi connectivity index (χ4n) is 2.58. The Morgan fingerprint density at radius 3 is 2.07 bits per heavy atom. The summed E-state index contributed by atoms with van der Waals surface area (Å²) in [6.45, 7) is -0.709. The van der Waals surface area contributed by atoms with Crippen molar-refractivity contribution in [3.63, 3.8) is 0 Å². The molecule has 156 valence electrons. The van der Waals surface area contributed by atoms with Crippen molar-refractivity contribution in [3.05, 3.63) is 30.3 Å². The first kappa shape index (κ1) is 20.5. The summed E-state index contributed by atoms with van der Waals surface area (Å²) in [7, 11) is 4.20. The van der Waals surface area contributed by atoms with Gasteiger partial charge in [0.1, 0.15) is 12.3 Å². The van der Waals surface area contributed by atoms with Crippen molar-refractivity contribution >= 4 is 35.4 Å². The third-order valence-electron chi connectivity index (χ3n) is 4.03. The van der Waals surface area contributed by atoms with Gasteiger partial charge in [0.05, 0.1) is 33.1 Å². The van der Waals surface area contributed by atoms with Crippen LogP contribution in [0.2, 0.25) is 0 Å². The molecule has 12 heteroatoms. The summed E-state index contributed by atoms with van der Waals surface area (Å²) in [5, 5.41) is 2.33. The van der Waals surface area contributed by atoms with Crippen LogP contribution < -0.4 is 24.4 Å². The summed E-state index contributed by atoms with van der Waals surface area (Å²) in [4.78, 5) is 58.5. The molecule has 30 heavy (non-hydrogen) atoms. The largest absolute Gasteiger partial charge is 0.497 e. The lowest BCUT2D eigenvalue weighted by Crippen LogP contribution is -2.39. The summed E-state index contributed by atoms with van der Waals surface area (Å²) >= 11 is 0. The Morgan fingerprint density at radius 1 is 0.933 bits per heavy atom. The van der Waals surface area contributed by atoms with Crippen LogP contribution in [-0.2, 0) is 14.4 Å². The van der Waals surface area contributed by atoms with Crippen molar-refractivity contribution in [1.82, 2.24) is 14.9 Å². The maximum absolute atomic E-state index is 12.6. The molecule has 3 rings (SSSR count). The van der Waals surface area contributed by atoms with E-state index < -0.39 is 30.3 Å². The zero-order valence-electron chi connectivity index (χ0n) is 16.2. The van der Waals surface area contributed by atoms with Crippen LogP contribution in [0.4, 0.5) is 16.4 Å². The molecule has 0 saturated carbocycles. The number of carbonyl (C=O) groups excluding carboxylic acids is 4. The average Bonchev–Trinajstić information content (AvgIpc) is 2.96. The summed E-state index contributed by atoms with van der Waals surface area (Å²) < 4.78 is 15.0. The number of anilines is 2. The maximum Gasteiger partial charge on any atom is 0.339 e. The van der Waals surface area contributed by atoms with E-state index in [1.807, 2.05) is 0 Å². The first-order valence-corrected chi connectivity index (χ1v) is 8.48. The van der Waals surface area contributed by atoms with Crippen molar-refractivity contribution < 1.29 is 33.4 Å². The zero-order valence-corrected chi connectivity index (χ0v) is 16.2. The van der Waals surface area contributed by atoms with E-state index in [-0.39, 0.29) is 23.4 Å². The molecule has 5 amide bonds. The first-order valence-electron chi connectivity index (χ1n) is 8.48. The number of methoxy groups -OCH3 is 3. The lowest BCUT2D eigenvalue weighted by molar-refractivity contribution is -0.140. The topological polar surface area (TPSA) is 140 Å². The van der Waals surface area contributed by atoms with Crippen molar-refractivity contribution in [3.8, 4) is 17.5 Å². The Hall–Kier alpha value is -4.22. The Labute approximate surface area is 170 Å². The van der Waals surface area contributed by atoms with Crippen molar-refractivity contribution in [2.75, 3.05) is 38.1 Å². The minimum atomic E-state index is -1.13. The van der Waals surface area contributed by atoms with Gasteiger partial charge in [0.2, 0.25) is 23.6 Å². The number of rotatable bonds is 7. The molecule has 12 nitrogen and oxygen atoms in total. The molecule has 1 aromatic carbocycles. The number of ether oxygens (including phenoxy) is 3. The van der Waals surface area contributed by atoms with Crippen LogP contribution in [0, 0.1) is 0 Å². The lowest BCUT2D eigenvalue weighted by atomic mass is 10.3. The van der Waals surface area contributed by atoms with E-state index in [2.05, 4.69) is 15.3 Å². The number of amides is 5. The average molecular weight is 415 g/mol. The first-order chi connectivity index (χ1) is 14.4. The molecule has 0 aliphatic carbocycles. The summed E-state index contributed by atoms with van der Waals surface area (Å²) in [6.07, 6.45) is 0. The number of aromatic nitrogens is 2. The molecule has 1 aliphatic heterocycles. The molecule has 1 N–H and O–H groups in total. The van der Waals surface area contributed by atoms with E-state index in [0.29, 0.717) is 15.5 Å². The van der Waals surface area contributed by atoms with Crippen LogP contribution >= 0.6 is 0 Å². The minimum Gasteiger partial charge on any atom is -0.497 e. The number of carbonyl (C=O) groups is 4. The van der Waals surface area contributed by atoms with Crippen LogP contribution in [0.5, 0.6) is 17.5 Å². The van der Waals surface area contributed by atoms with Gasteiger partial charge < -0.3 is 14.2 Å². The van der Waals surface area contributed by atoms with E-state index in [1.54, 1.807) is 0 Å². The normalized spacial score (nSPS) is 13.5. The molecular formula is C18H17N5O7. The second-order valence-electron chi connectivity index (χ2n) is 5.84.